The Morgan fingerprint density at radius 2 is 2.25 bits per heavy atom. The first-order valence-electron chi connectivity index (χ1n) is 3.49. The molecular formula is C8H6Br2N2. The largest absolute Gasteiger partial charge is 0.302 e. The van der Waals surface area contributed by atoms with Crippen molar-refractivity contribution < 1.29 is 0 Å². The van der Waals surface area contributed by atoms with Crippen molar-refractivity contribution in [3.05, 3.63) is 34.7 Å². The Bertz CT molecular complexity index is 408. The molecule has 0 atom stereocenters. The maximum absolute atomic E-state index is 4.22. The first kappa shape index (κ1) is 8.26. The molecule has 0 bridgehead atoms. The molecular weight excluding hydrogens is 284 g/mol. The predicted molar refractivity (Wildman–Crippen MR) is 55.5 cm³/mol. The second kappa shape index (κ2) is 3.18. The average Bonchev–Trinajstić information content (AvgIpc) is 2.54. The molecule has 0 aromatic carbocycles. The third kappa shape index (κ3) is 1.19. The fraction of sp³-hybridized carbons (Fsp3) is 0.125. The summed E-state index contributed by atoms with van der Waals surface area (Å²) in [4.78, 5) is 4.22. The van der Waals surface area contributed by atoms with E-state index in [1.54, 1.807) is 6.20 Å². The molecule has 0 aliphatic heterocycles. The molecule has 0 aliphatic rings. The number of hydrogen-bond donors (Lipinski definition) is 0. The molecule has 4 heteroatoms. The number of nitrogens with zero attached hydrogens (tertiary/aromatic N) is 2. The number of alkyl halides is 1. The van der Waals surface area contributed by atoms with Gasteiger partial charge < -0.3 is 4.40 Å². The topological polar surface area (TPSA) is 17.3 Å². The maximum atomic E-state index is 4.22. The first-order chi connectivity index (χ1) is 5.83. The minimum atomic E-state index is 0.840. The fourth-order valence-corrected chi connectivity index (χ4v) is 2.03. The second-order valence-corrected chi connectivity index (χ2v) is 3.84. The van der Waals surface area contributed by atoms with E-state index >= 15 is 0 Å². The maximum Gasteiger partial charge on any atom is 0.151 e. The van der Waals surface area contributed by atoms with Gasteiger partial charge in [-0.05, 0) is 28.1 Å². The number of fused-ring (bicyclic) bond motifs is 1. The summed E-state index contributed by atoms with van der Waals surface area (Å²) in [6.45, 7) is 0. The van der Waals surface area contributed by atoms with Crippen LogP contribution in [-0.2, 0) is 5.33 Å². The van der Waals surface area contributed by atoms with Crippen LogP contribution in [0.4, 0.5) is 0 Å². The van der Waals surface area contributed by atoms with Crippen LogP contribution in [-0.4, -0.2) is 9.38 Å². The second-order valence-electron chi connectivity index (χ2n) is 2.43. The fourth-order valence-electron chi connectivity index (χ4n) is 1.15. The van der Waals surface area contributed by atoms with Crippen molar-refractivity contribution in [3.63, 3.8) is 0 Å². The quantitative estimate of drug-likeness (QED) is 0.738. The highest BCUT2D eigenvalue weighted by atomic mass is 79.9. The van der Waals surface area contributed by atoms with E-state index in [0.29, 0.717) is 0 Å². The molecule has 2 heterocycles. The zero-order chi connectivity index (χ0) is 8.55. The summed E-state index contributed by atoms with van der Waals surface area (Å²) in [5.74, 6) is 0. The number of aromatic nitrogens is 2. The van der Waals surface area contributed by atoms with E-state index in [9.17, 15) is 0 Å². The van der Waals surface area contributed by atoms with Crippen molar-refractivity contribution in [1.29, 1.82) is 0 Å². The van der Waals surface area contributed by atoms with Gasteiger partial charge in [0.1, 0.15) is 0 Å². The van der Waals surface area contributed by atoms with Crippen LogP contribution < -0.4 is 0 Å². The van der Waals surface area contributed by atoms with Crippen LogP contribution in [0.1, 0.15) is 5.69 Å². The highest BCUT2D eigenvalue weighted by Crippen LogP contribution is 2.19. The highest BCUT2D eigenvalue weighted by molar-refractivity contribution is 9.10. The smallest absolute Gasteiger partial charge is 0.151 e. The van der Waals surface area contributed by atoms with Crippen molar-refractivity contribution in [3.8, 4) is 0 Å². The van der Waals surface area contributed by atoms with E-state index in [1.165, 1.54) is 5.69 Å². The number of rotatable bonds is 1. The van der Waals surface area contributed by atoms with Crippen LogP contribution in [0.15, 0.2) is 29.0 Å². The van der Waals surface area contributed by atoms with Crippen molar-refractivity contribution >= 4 is 37.5 Å². The van der Waals surface area contributed by atoms with Crippen LogP contribution in [0.2, 0.25) is 0 Å². The molecule has 2 nitrogen and oxygen atoms in total. The van der Waals surface area contributed by atoms with Crippen LogP contribution in [0.5, 0.6) is 0 Å². The monoisotopic (exact) mass is 288 g/mol. The lowest BCUT2D eigenvalue weighted by molar-refractivity contribution is 1.08. The summed E-state index contributed by atoms with van der Waals surface area (Å²) in [6.07, 6.45) is 3.75. The number of halogens is 2. The van der Waals surface area contributed by atoms with Crippen LogP contribution in [0.3, 0.4) is 0 Å². The van der Waals surface area contributed by atoms with Crippen LogP contribution in [0, 0.1) is 0 Å². The molecule has 12 heavy (non-hydrogen) atoms. The first-order valence-corrected chi connectivity index (χ1v) is 5.41. The molecule has 0 N–H and O–H groups in total. The van der Waals surface area contributed by atoms with E-state index in [1.807, 2.05) is 12.3 Å². The summed E-state index contributed by atoms with van der Waals surface area (Å²) in [7, 11) is 0. The Morgan fingerprint density at radius 1 is 1.42 bits per heavy atom. The Hall–Kier alpha value is -0.350. The van der Waals surface area contributed by atoms with Gasteiger partial charge in [-0.1, -0.05) is 15.9 Å². The minimum absolute atomic E-state index is 0.840. The normalized spacial score (nSPS) is 10.8. The average molecular weight is 290 g/mol. The van der Waals surface area contributed by atoms with Crippen molar-refractivity contribution in [1.82, 2.24) is 9.38 Å². The highest BCUT2D eigenvalue weighted by Gasteiger charge is 2.02. The van der Waals surface area contributed by atoms with E-state index in [0.717, 1.165) is 15.4 Å². The summed E-state index contributed by atoms with van der Waals surface area (Å²) >= 11 is 6.86. The molecule has 0 fully saturated rings. The van der Waals surface area contributed by atoms with Gasteiger partial charge in [0.25, 0.3) is 0 Å². The van der Waals surface area contributed by atoms with Gasteiger partial charge in [0, 0.05) is 23.4 Å². The molecule has 0 amide bonds. The molecule has 0 saturated heterocycles. The van der Waals surface area contributed by atoms with Gasteiger partial charge in [-0.15, -0.1) is 0 Å². The van der Waals surface area contributed by atoms with E-state index in [-0.39, 0.29) is 0 Å². The number of imidazole rings is 1. The third-order valence-electron chi connectivity index (χ3n) is 1.72. The van der Waals surface area contributed by atoms with Crippen molar-refractivity contribution in [2.75, 3.05) is 0 Å². The molecule has 0 spiro atoms. The lowest BCUT2D eigenvalue weighted by atomic mass is 10.4. The lowest BCUT2D eigenvalue weighted by Gasteiger charge is -2.01. The van der Waals surface area contributed by atoms with Gasteiger partial charge in [0.15, 0.2) is 5.65 Å². The Labute approximate surface area is 86.9 Å². The predicted octanol–water partition coefficient (Wildman–Crippen LogP) is 2.99. The van der Waals surface area contributed by atoms with Crippen LogP contribution in [0.25, 0.3) is 5.65 Å². The third-order valence-corrected chi connectivity index (χ3v) is 2.92. The minimum Gasteiger partial charge on any atom is -0.302 e. The van der Waals surface area contributed by atoms with Gasteiger partial charge in [-0.25, -0.2) is 4.98 Å². The van der Waals surface area contributed by atoms with E-state index in [4.69, 9.17) is 0 Å². The van der Waals surface area contributed by atoms with Crippen LogP contribution >= 0.6 is 31.9 Å². The van der Waals surface area contributed by atoms with Gasteiger partial charge in [-0.3, -0.25) is 0 Å². The molecule has 2 aromatic rings. The summed E-state index contributed by atoms with van der Waals surface area (Å²) in [6, 6.07) is 4.08. The molecule has 0 saturated carbocycles. The Balaban J connectivity index is 2.82. The molecule has 62 valence electrons. The summed E-state index contributed by atoms with van der Waals surface area (Å²) < 4.78 is 3.08. The molecule has 2 aromatic heterocycles. The van der Waals surface area contributed by atoms with Crippen molar-refractivity contribution in [2.24, 2.45) is 0 Å². The lowest BCUT2D eigenvalue weighted by Crippen LogP contribution is -1.92. The standard InChI is InChI=1S/C8H6Br2N2/c9-5-6-1-2-7(10)8-11-3-4-12(6)8/h1-4H,5H2. The van der Waals surface area contributed by atoms with Gasteiger partial charge in [0.05, 0.1) is 4.47 Å². The van der Waals surface area contributed by atoms with Gasteiger partial charge >= 0.3 is 0 Å². The SMILES string of the molecule is BrCc1ccc(Br)c2nccn12. The number of pyridine rings is 1. The molecule has 0 aliphatic carbocycles. The van der Waals surface area contributed by atoms with E-state index < -0.39 is 0 Å². The van der Waals surface area contributed by atoms with E-state index in [2.05, 4.69) is 47.3 Å². The molecule has 0 unspecified atom stereocenters. The molecule has 2 rings (SSSR count). The van der Waals surface area contributed by atoms with Gasteiger partial charge in [-0.2, -0.15) is 0 Å². The zero-order valence-corrected chi connectivity index (χ0v) is 9.34. The van der Waals surface area contributed by atoms with Gasteiger partial charge in [0.2, 0.25) is 0 Å². The summed E-state index contributed by atoms with van der Waals surface area (Å²) in [5, 5.41) is 0.840. The Kier molecular flexibility index (Phi) is 2.19. The Morgan fingerprint density at radius 3 is 3.00 bits per heavy atom. The zero-order valence-electron chi connectivity index (χ0n) is 6.17. The molecule has 0 radical (unpaired) electrons. The number of hydrogen-bond acceptors (Lipinski definition) is 1. The van der Waals surface area contributed by atoms with Crippen molar-refractivity contribution in [2.45, 2.75) is 5.33 Å². The summed E-state index contributed by atoms with van der Waals surface area (Å²) in [5.41, 5.74) is 2.16.